The first-order chi connectivity index (χ1) is 9.49. The van der Waals surface area contributed by atoms with Crippen molar-refractivity contribution in [1.29, 1.82) is 0 Å². The molecular weight excluding hydrogens is 319 g/mol. The van der Waals surface area contributed by atoms with Crippen LogP contribution in [0, 0.1) is 11.6 Å². The Hall–Kier alpha value is -1.22. The fraction of sp³-hybridized carbons (Fsp3) is 0.500. The van der Waals surface area contributed by atoms with Crippen LogP contribution in [0.15, 0.2) is 18.2 Å². The Labute approximate surface area is 118 Å². The van der Waals surface area contributed by atoms with Gasteiger partial charge in [0.2, 0.25) is 0 Å². The predicted octanol–water partition coefficient (Wildman–Crippen LogP) is 2.75. The fourth-order valence-corrected chi connectivity index (χ4v) is 3.81. The highest BCUT2D eigenvalue weighted by Crippen LogP contribution is 2.31. The Bertz CT molecular complexity index is 597. The zero-order valence-corrected chi connectivity index (χ0v) is 11.7. The van der Waals surface area contributed by atoms with Gasteiger partial charge in [-0.3, -0.25) is 0 Å². The van der Waals surface area contributed by atoms with Gasteiger partial charge < -0.3 is 5.11 Å². The van der Waals surface area contributed by atoms with Gasteiger partial charge in [0, 0.05) is 11.6 Å². The van der Waals surface area contributed by atoms with Crippen molar-refractivity contribution in [2.75, 3.05) is 5.75 Å². The van der Waals surface area contributed by atoms with Gasteiger partial charge in [-0.1, -0.05) is 13.0 Å². The Balaban J connectivity index is 3.14. The van der Waals surface area contributed by atoms with Crippen LogP contribution in [0.4, 0.5) is 22.0 Å². The van der Waals surface area contributed by atoms with Crippen molar-refractivity contribution in [3.63, 3.8) is 0 Å². The van der Waals surface area contributed by atoms with Gasteiger partial charge in [-0.05, 0) is 12.5 Å². The van der Waals surface area contributed by atoms with E-state index in [1.54, 1.807) is 0 Å². The van der Waals surface area contributed by atoms with E-state index in [1.807, 2.05) is 0 Å². The van der Waals surface area contributed by atoms with Gasteiger partial charge in [-0.15, -0.1) is 0 Å². The molecule has 0 radical (unpaired) electrons. The molecule has 0 bridgehead atoms. The Morgan fingerprint density at radius 3 is 2.24 bits per heavy atom. The number of aliphatic hydroxyl groups excluding tert-OH is 1. The van der Waals surface area contributed by atoms with E-state index in [1.165, 1.54) is 6.92 Å². The number of aliphatic hydroxyl groups is 1. The second-order valence-corrected chi connectivity index (χ2v) is 6.68. The number of sulfone groups is 1. The molecule has 1 aromatic carbocycles. The smallest absolute Gasteiger partial charge is 0.383 e. The molecule has 0 aliphatic carbocycles. The van der Waals surface area contributed by atoms with Gasteiger partial charge in [-0.25, -0.2) is 17.2 Å². The van der Waals surface area contributed by atoms with E-state index in [2.05, 4.69) is 0 Å². The van der Waals surface area contributed by atoms with E-state index >= 15 is 0 Å². The first kappa shape index (κ1) is 17.8. The summed E-state index contributed by atoms with van der Waals surface area (Å²) in [4.78, 5) is 0. The molecule has 0 spiro atoms. The standard InChI is InChI=1S/C12H13F5O3S/c1-2-10(8-4-3-7(13)5-9(8)14)21(19,20)6-11(18)12(15,16)17/h3-5,10-11,18H,2,6H2,1H3. The zero-order valence-electron chi connectivity index (χ0n) is 10.9. The largest absolute Gasteiger partial charge is 0.415 e. The molecule has 0 amide bonds. The van der Waals surface area contributed by atoms with E-state index in [0.717, 1.165) is 12.1 Å². The lowest BCUT2D eigenvalue weighted by atomic mass is 10.1. The van der Waals surface area contributed by atoms with Crippen molar-refractivity contribution in [2.45, 2.75) is 30.9 Å². The summed E-state index contributed by atoms with van der Waals surface area (Å²) in [6.45, 7) is 1.34. The number of hydrogen-bond donors (Lipinski definition) is 1. The fourth-order valence-electron chi connectivity index (χ4n) is 1.86. The molecule has 21 heavy (non-hydrogen) atoms. The third kappa shape index (κ3) is 4.37. The highest BCUT2D eigenvalue weighted by Gasteiger charge is 2.43. The summed E-state index contributed by atoms with van der Waals surface area (Å²) in [5, 5.41) is 7.28. The molecule has 2 atom stereocenters. The molecule has 0 heterocycles. The van der Waals surface area contributed by atoms with Crippen molar-refractivity contribution >= 4 is 9.84 Å². The molecule has 3 nitrogen and oxygen atoms in total. The van der Waals surface area contributed by atoms with Gasteiger partial charge in [0.05, 0.1) is 11.0 Å². The average molecular weight is 332 g/mol. The number of hydrogen-bond acceptors (Lipinski definition) is 3. The van der Waals surface area contributed by atoms with Crippen molar-refractivity contribution in [3.05, 3.63) is 35.4 Å². The second-order valence-electron chi connectivity index (χ2n) is 4.45. The van der Waals surface area contributed by atoms with E-state index in [-0.39, 0.29) is 6.42 Å². The lowest BCUT2D eigenvalue weighted by Gasteiger charge is -2.20. The highest BCUT2D eigenvalue weighted by molar-refractivity contribution is 7.91. The monoisotopic (exact) mass is 332 g/mol. The molecule has 0 aliphatic heterocycles. The average Bonchev–Trinajstić information content (AvgIpc) is 2.30. The molecule has 1 aromatic rings. The number of benzene rings is 1. The summed E-state index contributed by atoms with van der Waals surface area (Å²) < 4.78 is 87.0. The van der Waals surface area contributed by atoms with Gasteiger partial charge in [-0.2, -0.15) is 13.2 Å². The minimum Gasteiger partial charge on any atom is -0.383 e. The molecule has 0 saturated heterocycles. The van der Waals surface area contributed by atoms with Crippen LogP contribution < -0.4 is 0 Å². The maximum Gasteiger partial charge on any atom is 0.415 e. The SMILES string of the molecule is CCC(c1ccc(F)cc1F)S(=O)(=O)CC(O)C(F)(F)F. The highest BCUT2D eigenvalue weighted by atomic mass is 32.2. The first-order valence-corrected chi connectivity index (χ1v) is 7.62. The van der Waals surface area contributed by atoms with Crippen LogP contribution in [-0.2, 0) is 9.84 Å². The molecule has 1 N–H and O–H groups in total. The third-order valence-corrected chi connectivity index (χ3v) is 5.12. The van der Waals surface area contributed by atoms with Crippen LogP contribution in [0.2, 0.25) is 0 Å². The van der Waals surface area contributed by atoms with Crippen LogP contribution >= 0.6 is 0 Å². The molecule has 0 aromatic heterocycles. The molecule has 0 fully saturated rings. The van der Waals surface area contributed by atoms with Gasteiger partial charge >= 0.3 is 6.18 Å². The van der Waals surface area contributed by atoms with Crippen molar-refractivity contribution in [2.24, 2.45) is 0 Å². The van der Waals surface area contributed by atoms with Crippen LogP contribution in [-0.4, -0.2) is 31.6 Å². The van der Waals surface area contributed by atoms with Gasteiger partial charge in [0.25, 0.3) is 0 Å². The summed E-state index contributed by atoms with van der Waals surface area (Å²) in [6, 6.07) is 2.14. The summed E-state index contributed by atoms with van der Waals surface area (Å²) in [5.74, 6) is -3.67. The molecule has 9 heteroatoms. The first-order valence-electron chi connectivity index (χ1n) is 5.90. The summed E-state index contributed by atoms with van der Waals surface area (Å²) >= 11 is 0. The molecule has 2 unspecified atom stereocenters. The molecule has 0 aliphatic rings. The molecule has 0 saturated carbocycles. The van der Waals surface area contributed by atoms with Gasteiger partial charge in [0.15, 0.2) is 15.9 Å². The Kier molecular flexibility index (Phi) is 5.32. The van der Waals surface area contributed by atoms with Crippen LogP contribution in [0.5, 0.6) is 0 Å². The number of alkyl halides is 3. The maximum absolute atomic E-state index is 13.6. The maximum atomic E-state index is 13.6. The normalized spacial score (nSPS) is 15.8. The van der Waals surface area contributed by atoms with E-state index in [0.29, 0.717) is 6.07 Å². The minimum absolute atomic E-state index is 0.213. The minimum atomic E-state index is -5.09. The summed E-state index contributed by atoms with van der Waals surface area (Å²) in [5.41, 5.74) is -0.423. The molecule has 120 valence electrons. The lowest BCUT2D eigenvalue weighted by Crippen LogP contribution is -2.37. The van der Waals surface area contributed by atoms with E-state index in [9.17, 15) is 30.4 Å². The van der Waals surface area contributed by atoms with E-state index in [4.69, 9.17) is 5.11 Å². The topological polar surface area (TPSA) is 54.4 Å². The van der Waals surface area contributed by atoms with Crippen molar-refractivity contribution in [1.82, 2.24) is 0 Å². The van der Waals surface area contributed by atoms with E-state index < -0.39 is 50.3 Å². The zero-order chi connectivity index (χ0) is 16.4. The third-order valence-electron chi connectivity index (χ3n) is 2.88. The Morgan fingerprint density at radius 2 is 1.81 bits per heavy atom. The number of rotatable bonds is 5. The lowest BCUT2D eigenvalue weighted by molar-refractivity contribution is -0.196. The quantitative estimate of drug-likeness (QED) is 0.844. The van der Waals surface area contributed by atoms with Gasteiger partial charge in [0.1, 0.15) is 11.6 Å². The summed E-state index contributed by atoms with van der Waals surface area (Å²) in [7, 11) is -4.48. The van der Waals surface area contributed by atoms with Crippen LogP contribution in [0.3, 0.4) is 0 Å². The van der Waals surface area contributed by atoms with Crippen LogP contribution in [0.1, 0.15) is 24.2 Å². The number of halogens is 5. The Morgan fingerprint density at radius 1 is 1.24 bits per heavy atom. The molecule has 1 rings (SSSR count). The predicted molar refractivity (Wildman–Crippen MR) is 65.2 cm³/mol. The second kappa shape index (κ2) is 6.27. The summed E-state index contributed by atoms with van der Waals surface area (Å²) in [6.07, 6.45) is -8.36. The van der Waals surface area contributed by atoms with Crippen molar-refractivity contribution in [3.8, 4) is 0 Å². The molecular formula is C12H13F5O3S. The van der Waals surface area contributed by atoms with Crippen LogP contribution in [0.25, 0.3) is 0 Å². The van der Waals surface area contributed by atoms with Crippen molar-refractivity contribution < 1.29 is 35.5 Å².